The van der Waals surface area contributed by atoms with Crippen molar-refractivity contribution in [1.82, 2.24) is 0 Å². The Labute approximate surface area is 92.1 Å². The first-order chi connectivity index (χ1) is 7.20. The molecule has 0 aromatic heterocycles. The van der Waals surface area contributed by atoms with Crippen LogP contribution in [-0.4, -0.2) is 18.9 Å². The van der Waals surface area contributed by atoms with Gasteiger partial charge < -0.3 is 4.74 Å². The van der Waals surface area contributed by atoms with E-state index in [2.05, 4.69) is 5.10 Å². The van der Waals surface area contributed by atoms with Gasteiger partial charge in [0.25, 0.3) is 5.91 Å². The fourth-order valence-electron chi connectivity index (χ4n) is 1.30. The van der Waals surface area contributed by atoms with Gasteiger partial charge in [-0.25, -0.2) is 0 Å². The molecule has 0 unspecified atom stereocenters. The van der Waals surface area contributed by atoms with Crippen LogP contribution in [-0.2, 0) is 9.53 Å². The van der Waals surface area contributed by atoms with Crippen molar-refractivity contribution in [3.05, 3.63) is 29.3 Å². The molecule has 15 heavy (non-hydrogen) atoms. The maximum Gasteiger partial charge on any atom is 0.256 e. The molecule has 1 amide bonds. The fourth-order valence-corrected chi connectivity index (χ4v) is 1.43. The molecule has 0 N–H and O–H groups in total. The first-order valence-electron chi connectivity index (χ1n) is 4.40. The zero-order chi connectivity index (χ0) is 10.8. The number of halogens is 1. The molecule has 1 aromatic rings. The highest BCUT2D eigenvalue weighted by atomic mass is 35.5. The lowest BCUT2D eigenvalue weighted by molar-refractivity contribution is -0.117. The average molecular weight is 225 g/mol. The molecule has 0 aliphatic carbocycles. The van der Waals surface area contributed by atoms with Gasteiger partial charge in [0.05, 0.1) is 12.8 Å². The number of ether oxygens (including phenoxy) is 1. The number of hydrazone groups is 1. The van der Waals surface area contributed by atoms with Crippen molar-refractivity contribution in [2.45, 2.75) is 6.42 Å². The van der Waals surface area contributed by atoms with E-state index in [4.69, 9.17) is 16.3 Å². The Morgan fingerprint density at radius 1 is 1.40 bits per heavy atom. The van der Waals surface area contributed by atoms with Crippen LogP contribution in [0.5, 0.6) is 0 Å². The first-order valence-corrected chi connectivity index (χ1v) is 4.78. The van der Waals surface area contributed by atoms with Crippen molar-refractivity contribution < 1.29 is 9.53 Å². The number of carbonyl (C=O) groups is 1. The molecular weight excluding hydrogens is 216 g/mol. The molecule has 4 nitrogen and oxygen atoms in total. The maximum absolute atomic E-state index is 11.5. The van der Waals surface area contributed by atoms with Gasteiger partial charge in [-0.3, -0.25) is 4.79 Å². The number of carbonyl (C=O) groups excluding carboxylic acids is 1. The summed E-state index contributed by atoms with van der Waals surface area (Å²) < 4.78 is 4.92. The van der Waals surface area contributed by atoms with Crippen LogP contribution in [0.1, 0.15) is 6.42 Å². The lowest BCUT2D eigenvalue weighted by atomic mass is 10.3. The molecule has 1 aliphatic rings. The number of rotatable bonds is 1. The summed E-state index contributed by atoms with van der Waals surface area (Å²) >= 11 is 5.75. The molecule has 2 rings (SSSR count). The predicted molar refractivity (Wildman–Crippen MR) is 58.0 cm³/mol. The van der Waals surface area contributed by atoms with E-state index >= 15 is 0 Å². The number of hydrogen-bond donors (Lipinski definition) is 0. The van der Waals surface area contributed by atoms with Gasteiger partial charge in [-0.2, -0.15) is 5.01 Å². The van der Waals surface area contributed by atoms with Crippen LogP contribution in [0.15, 0.2) is 29.4 Å². The Morgan fingerprint density at radius 3 is 2.60 bits per heavy atom. The Kier molecular flexibility index (Phi) is 2.60. The highest BCUT2D eigenvalue weighted by Gasteiger charge is 2.25. The van der Waals surface area contributed by atoms with E-state index < -0.39 is 0 Å². The SMILES string of the molecule is COC1=NN(c2ccc(Cl)cc2)C(=O)C1. The molecule has 78 valence electrons. The third kappa shape index (κ3) is 1.94. The van der Waals surface area contributed by atoms with Gasteiger partial charge in [-0.1, -0.05) is 11.6 Å². The van der Waals surface area contributed by atoms with Crippen molar-refractivity contribution in [3.63, 3.8) is 0 Å². The van der Waals surface area contributed by atoms with E-state index in [-0.39, 0.29) is 12.3 Å². The number of anilines is 1. The lowest BCUT2D eigenvalue weighted by Crippen LogP contribution is -2.19. The van der Waals surface area contributed by atoms with E-state index in [1.54, 1.807) is 24.3 Å². The van der Waals surface area contributed by atoms with Gasteiger partial charge in [0.1, 0.15) is 6.42 Å². The molecule has 0 bridgehead atoms. The summed E-state index contributed by atoms with van der Waals surface area (Å²) in [7, 11) is 1.50. The maximum atomic E-state index is 11.5. The summed E-state index contributed by atoms with van der Waals surface area (Å²) in [5, 5.41) is 5.96. The van der Waals surface area contributed by atoms with Gasteiger partial charge in [-0.05, 0) is 24.3 Å². The monoisotopic (exact) mass is 224 g/mol. The number of amides is 1. The van der Waals surface area contributed by atoms with Crippen LogP contribution < -0.4 is 5.01 Å². The van der Waals surface area contributed by atoms with Gasteiger partial charge in [-0.15, -0.1) is 5.10 Å². The Bertz CT molecular complexity index is 414. The summed E-state index contributed by atoms with van der Waals surface area (Å²) in [6.45, 7) is 0. The third-order valence-corrected chi connectivity index (χ3v) is 2.31. The summed E-state index contributed by atoms with van der Waals surface area (Å²) in [6, 6.07) is 6.90. The fraction of sp³-hybridized carbons (Fsp3) is 0.200. The van der Waals surface area contributed by atoms with Gasteiger partial charge >= 0.3 is 0 Å². The second-order valence-electron chi connectivity index (χ2n) is 3.06. The largest absolute Gasteiger partial charge is 0.483 e. The molecule has 0 spiro atoms. The second kappa shape index (κ2) is 3.90. The number of nitrogens with zero attached hydrogens (tertiary/aromatic N) is 2. The van der Waals surface area contributed by atoms with E-state index in [1.165, 1.54) is 12.1 Å². The number of hydrogen-bond acceptors (Lipinski definition) is 3. The molecule has 1 aliphatic heterocycles. The van der Waals surface area contributed by atoms with Crippen LogP contribution in [0.3, 0.4) is 0 Å². The van der Waals surface area contributed by atoms with Gasteiger partial charge in [0.15, 0.2) is 0 Å². The molecule has 0 atom stereocenters. The minimum absolute atomic E-state index is 0.103. The highest BCUT2D eigenvalue weighted by molar-refractivity contribution is 6.30. The highest BCUT2D eigenvalue weighted by Crippen LogP contribution is 2.22. The first kappa shape index (κ1) is 9.98. The van der Waals surface area contributed by atoms with E-state index in [1.807, 2.05) is 0 Å². The lowest BCUT2D eigenvalue weighted by Gasteiger charge is -2.10. The Hall–Kier alpha value is -1.55. The van der Waals surface area contributed by atoms with Crippen molar-refractivity contribution in [2.75, 3.05) is 12.1 Å². The van der Waals surface area contributed by atoms with Crippen LogP contribution in [0.25, 0.3) is 0 Å². The normalized spacial score (nSPS) is 15.5. The molecule has 0 fully saturated rings. The summed E-state index contributed by atoms with van der Waals surface area (Å²) in [6.07, 6.45) is 0.207. The van der Waals surface area contributed by atoms with E-state index in [9.17, 15) is 4.79 Å². The van der Waals surface area contributed by atoms with Crippen molar-refractivity contribution >= 4 is 29.1 Å². The zero-order valence-corrected chi connectivity index (χ0v) is 8.86. The van der Waals surface area contributed by atoms with Crippen molar-refractivity contribution in [3.8, 4) is 0 Å². The van der Waals surface area contributed by atoms with Gasteiger partial charge in [0, 0.05) is 5.02 Å². The van der Waals surface area contributed by atoms with E-state index in [0.717, 1.165) is 0 Å². The van der Waals surface area contributed by atoms with Crippen LogP contribution in [0.2, 0.25) is 5.02 Å². The number of benzene rings is 1. The minimum Gasteiger partial charge on any atom is -0.483 e. The van der Waals surface area contributed by atoms with Crippen molar-refractivity contribution in [1.29, 1.82) is 0 Å². The third-order valence-electron chi connectivity index (χ3n) is 2.06. The topological polar surface area (TPSA) is 41.9 Å². The second-order valence-corrected chi connectivity index (χ2v) is 3.49. The quantitative estimate of drug-likeness (QED) is 0.733. The smallest absolute Gasteiger partial charge is 0.256 e. The minimum atomic E-state index is -0.103. The summed E-state index contributed by atoms with van der Waals surface area (Å²) in [5.41, 5.74) is 0.691. The molecule has 1 aromatic carbocycles. The van der Waals surface area contributed by atoms with E-state index in [0.29, 0.717) is 16.6 Å². The van der Waals surface area contributed by atoms with Crippen molar-refractivity contribution in [2.24, 2.45) is 5.10 Å². The summed E-state index contributed by atoms with van der Waals surface area (Å²) in [4.78, 5) is 11.5. The molecule has 0 saturated heterocycles. The Balaban J connectivity index is 2.28. The van der Waals surface area contributed by atoms with Crippen LogP contribution >= 0.6 is 11.6 Å². The predicted octanol–water partition coefficient (Wildman–Crippen LogP) is 2.04. The molecular formula is C10H9ClN2O2. The molecule has 0 radical (unpaired) electrons. The van der Waals surface area contributed by atoms with Gasteiger partial charge in [0.2, 0.25) is 5.90 Å². The molecule has 0 saturated carbocycles. The van der Waals surface area contributed by atoms with Crippen LogP contribution in [0, 0.1) is 0 Å². The Morgan fingerprint density at radius 2 is 2.07 bits per heavy atom. The molecule has 1 heterocycles. The zero-order valence-electron chi connectivity index (χ0n) is 8.11. The summed E-state index contributed by atoms with van der Waals surface area (Å²) in [5.74, 6) is 0.323. The van der Waals surface area contributed by atoms with Crippen LogP contribution in [0.4, 0.5) is 5.69 Å². The standard InChI is InChI=1S/C10H9ClN2O2/c1-15-9-6-10(14)13(12-9)8-4-2-7(11)3-5-8/h2-5H,6H2,1H3. The number of methoxy groups -OCH3 is 1. The average Bonchev–Trinajstić information content (AvgIpc) is 2.61. The molecule has 5 heteroatoms.